The minimum Gasteiger partial charge on any atom is -0.473 e. The van der Waals surface area contributed by atoms with E-state index in [1.807, 2.05) is 31.2 Å². The van der Waals surface area contributed by atoms with Crippen molar-refractivity contribution >= 4 is 5.91 Å². The molecule has 1 N–H and O–H groups in total. The summed E-state index contributed by atoms with van der Waals surface area (Å²) in [6.45, 7) is 3.72. The summed E-state index contributed by atoms with van der Waals surface area (Å²) in [4.78, 5) is 17.1. The lowest BCUT2D eigenvalue weighted by molar-refractivity contribution is -0.143. The van der Waals surface area contributed by atoms with E-state index < -0.39 is 41.4 Å². The molecule has 2 atom stereocenters. The van der Waals surface area contributed by atoms with Crippen LogP contribution in [0.5, 0.6) is 5.88 Å². The van der Waals surface area contributed by atoms with Crippen molar-refractivity contribution in [1.82, 2.24) is 10.3 Å². The minimum absolute atomic E-state index is 0.0369. The molecule has 4 nitrogen and oxygen atoms in total. The molecule has 2 heterocycles. The molecule has 10 heteroatoms. The average Bonchev–Trinajstić information content (AvgIpc) is 2.80. The Balaban J connectivity index is 1.74. The maximum absolute atomic E-state index is 13.3. The van der Waals surface area contributed by atoms with Gasteiger partial charge in [0.25, 0.3) is 5.91 Å². The number of carbonyl (C=O) groups is 1. The highest BCUT2D eigenvalue weighted by atomic mass is 19.4. The molecule has 1 aliphatic rings. The topological polar surface area (TPSA) is 51.2 Å². The highest BCUT2D eigenvalue weighted by molar-refractivity contribution is 6.03. The Morgan fingerprint density at radius 1 is 0.972 bits per heavy atom. The molecule has 2 unspecified atom stereocenters. The van der Waals surface area contributed by atoms with Gasteiger partial charge in [-0.1, -0.05) is 36.8 Å². The van der Waals surface area contributed by atoms with Crippen molar-refractivity contribution in [3.63, 3.8) is 0 Å². The number of pyridine rings is 1. The first kappa shape index (κ1) is 25.5. The number of nitrogens with one attached hydrogen (secondary N) is 1. The summed E-state index contributed by atoms with van der Waals surface area (Å²) in [7, 11) is 0. The van der Waals surface area contributed by atoms with Gasteiger partial charge in [-0.05, 0) is 42.3 Å². The van der Waals surface area contributed by atoms with Gasteiger partial charge >= 0.3 is 12.4 Å². The summed E-state index contributed by atoms with van der Waals surface area (Å²) in [5.41, 5.74) is -0.515. The quantitative estimate of drug-likeness (QED) is 0.413. The van der Waals surface area contributed by atoms with Crippen LogP contribution in [0.15, 0.2) is 54.7 Å². The molecule has 3 aromatic rings. The van der Waals surface area contributed by atoms with E-state index in [0.29, 0.717) is 17.7 Å². The third-order valence-corrected chi connectivity index (χ3v) is 6.07. The number of amides is 1. The SMILES string of the molecule is Cc1ccc(-c2ccnc3c2C(=O)NCC(C)C(Cc2cc(C(F)(F)F)cc(C(F)(F)F)c2)O3)cc1. The standard InChI is InChI=1S/C26H22F6N2O2/c1-14-3-5-17(6-4-14)20-7-8-33-24-22(20)23(35)34-13-15(2)21(36-24)11-16-9-18(25(27,28)29)12-19(10-16)26(30,31)32/h3-10,12,15,21H,11,13H2,1-2H3,(H,34,35). The number of aryl methyl sites for hydroxylation is 1. The van der Waals surface area contributed by atoms with E-state index in [4.69, 9.17) is 4.74 Å². The van der Waals surface area contributed by atoms with Crippen LogP contribution in [0.2, 0.25) is 0 Å². The number of fused-ring (bicyclic) bond motifs is 1. The molecule has 0 fully saturated rings. The Hall–Kier alpha value is -3.56. The lowest BCUT2D eigenvalue weighted by Gasteiger charge is -2.29. The highest BCUT2D eigenvalue weighted by Gasteiger charge is 2.37. The van der Waals surface area contributed by atoms with E-state index in [0.717, 1.165) is 11.1 Å². The minimum atomic E-state index is -4.95. The Bertz CT molecular complexity index is 1240. The number of carbonyl (C=O) groups excluding carboxylic acids is 1. The number of ether oxygens (including phenoxy) is 1. The summed E-state index contributed by atoms with van der Waals surface area (Å²) in [6.07, 6.45) is -9.56. The first-order valence-electron chi connectivity index (χ1n) is 11.1. The molecule has 0 saturated carbocycles. The van der Waals surface area contributed by atoms with Crippen LogP contribution in [0.3, 0.4) is 0 Å². The van der Waals surface area contributed by atoms with Crippen LogP contribution < -0.4 is 10.1 Å². The fourth-order valence-corrected chi connectivity index (χ4v) is 4.07. The van der Waals surface area contributed by atoms with E-state index in [9.17, 15) is 31.1 Å². The van der Waals surface area contributed by atoms with E-state index in [1.165, 1.54) is 6.20 Å². The zero-order valence-corrected chi connectivity index (χ0v) is 19.3. The zero-order valence-electron chi connectivity index (χ0n) is 19.3. The van der Waals surface area contributed by atoms with E-state index in [-0.39, 0.29) is 36.0 Å². The van der Waals surface area contributed by atoms with Crippen LogP contribution in [-0.4, -0.2) is 23.5 Å². The maximum atomic E-state index is 13.3. The largest absolute Gasteiger partial charge is 0.473 e. The number of halogens is 6. The molecule has 0 radical (unpaired) electrons. The normalized spacial score (nSPS) is 18.5. The number of aromatic nitrogens is 1. The van der Waals surface area contributed by atoms with Crippen molar-refractivity contribution in [1.29, 1.82) is 0 Å². The van der Waals surface area contributed by atoms with Crippen LogP contribution in [0.25, 0.3) is 11.1 Å². The van der Waals surface area contributed by atoms with Crippen LogP contribution in [0.1, 0.15) is 39.5 Å². The molecule has 0 spiro atoms. The number of alkyl halides is 6. The monoisotopic (exact) mass is 508 g/mol. The summed E-state index contributed by atoms with van der Waals surface area (Å²) < 4.78 is 86.0. The van der Waals surface area contributed by atoms with Crippen LogP contribution in [-0.2, 0) is 18.8 Å². The summed E-state index contributed by atoms with van der Waals surface area (Å²) in [5, 5.41) is 2.78. The van der Waals surface area contributed by atoms with Crippen molar-refractivity contribution < 1.29 is 35.9 Å². The second kappa shape index (κ2) is 9.48. The lowest BCUT2D eigenvalue weighted by atomic mass is 9.93. The molecule has 2 aromatic carbocycles. The first-order valence-corrected chi connectivity index (χ1v) is 11.1. The third kappa shape index (κ3) is 5.47. The molecule has 1 amide bonds. The van der Waals surface area contributed by atoms with Gasteiger partial charge < -0.3 is 10.1 Å². The van der Waals surface area contributed by atoms with E-state index in [2.05, 4.69) is 10.3 Å². The van der Waals surface area contributed by atoms with Gasteiger partial charge in [-0.3, -0.25) is 4.79 Å². The van der Waals surface area contributed by atoms with Gasteiger partial charge in [0.15, 0.2) is 0 Å². The fourth-order valence-electron chi connectivity index (χ4n) is 4.07. The molecule has 1 aromatic heterocycles. The summed E-state index contributed by atoms with van der Waals surface area (Å²) in [5.74, 6) is -0.904. The number of hydrogen-bond donors (Lipinski definition) is 1. The van der Waals surface area contributed by atoms with Crippen LogP contribution in [0.4, 0.5) is 26.3 Å². The van der Waals surface area contributed by atoms with Gasteiger partial charge in [0.2, 0.25) is 5.88 Å². The molecular formula is C26H22F6N2O2. The molecule has 0 saturated heterocycles. The summed E-state index contributed by atoms with van der Waals surface area (Å²) >= 11 is 0. The molecule has 190 valence electrons. The maximum Gasteiger partial charge on any atom is 0.416 e. The van der Waals surface area contributed by atoms with Gasteiger partial charge in [0.1, 0.15) is 11.7 Å². The fraction of sp³-hybridized carbons (Fsp3) is 0.308. The van der Waals surface area contributed by atoms with Gasteiger partial charge in [0, 0.05) is 30.6 Å². The van der Waals surface area contributed by atoms with Crippen molar-refractivity contribution in [3.05, 3.63) is 82.5 Å². The van der Waals surface area contributed by atoms with Gasteiger partial charge in [0.05, 0.1) is 11.1 Å². The molecule has 1 aliphatic heterocycles. The Labute approximate surface area is 203 Å². The van der Waals surface area contributed by atoms with Gasteiger partial charge in [-0.15, -0.1) is 0 Å². The molecular weight excluding hydrogens is 486 g/mol. The van der Waals surface area contributed by atoms with E-state index >= 15 is 0 Å². The van der Waals surface area contributed by atoms with Gasteiger partial charge in [-0.2, -0.15) is 26.3 Å². The van der Waals surface area contributed by atoms with Crippen LogP contribution >= 0.6 is 0 Å². The second-order valence-corrected chi connectivity index (χ2v) is 8.87. The Morgan fingerprint density at radius 3 is 2.17 bits per heavy atom. The lowest BCUT2D eigenvalue weighted by Crippen LogP contribution is -2.40. The highest BCUT2D eigenvalue weighted by Crippen LogP contribution is 2.37. The molecule has 36 heavy (non-hydrogen) atoms. The number of hydrogen-bond acceptors (Lipinski definition) is 3. The number of benzene rings is 2. The molecule has 0 bridgehead atoms. The predicted octanol–water partition coefficient (Wildman–Crippen LogP) is 6.46. The van der Waals surface area contributed by atoms with E-state index in [1.54, 1.807) is 13.0 Å². The predicted molar refractivity (Wildman–Crippen MR) is 120 cm³/mol. The third-order valence-electron chi connectivity index (χ3n) is 6.07. The second-order valence-electron chi connectivity index (χ2n) is 8.87. The number of rotatable bonds is 3. The van der Waals surface area contributed by atoms with Crippen molar-refractivity contribution in [3.8, 4) is 17.0 Å². The van der Waals surface area contributed by atoms with Crippen molar-refractivity contribution in [2.75, 3.05) is 6.54 Å². The Morgan fingerprint density at radius 2 is 1.58 bits per heavy atom. The number of nitrogens with zero attached hydrogens (tertiary/aromatic N) is 1. The smallest absolute Gasteiger partial charge is 0.416 e. The first-order chi connectivity index (χ1) is 16.8. The van der Waals surface area contributed by atoms with Gasteiger partial charge in [-0.25, -0.2) is 4.98 Å². The summed E-state index contributed by atoms with van der Waals surface area (Å²) in [6, 6.07) is 10.5. The van der Waals surface area contributed by atoms with Crippen LogP contribution in [0, 0.1) is 12.8 Å². The molecule has 4 rings (SSSR count). The molecule has 0 aliphatic carbocycles. The van der Waals surface area contributed by atoms with Crippen molar-refractivity contribution in [2.45, 2.75) is 38.7 Å². The Kier molecular flexibility index (Phi) is 6.72. The van der Waals surface area contributed by atoms with Crippen molar-refractivity contribution in [2.24, 2.45) is 5.92 Å². The zero-order chi connectivity index (χ0) is 26.3. The average molecular weight is 508 g/mol.